The molecule has 0 aliphatic rings. The van der Waals surface area contributed by atoms with Gasteiger partial charge in [-0.05, 0) is 59.2 Å². The number of pyridine rings is 1. The molecule has 0 saturated heterocycles. The molecule has 0 aliphatic heterocycles. The Kier molecular flexibility index (Phi) is 8.64. The molecule has 1 atom stereocenters. The molecule has 1 aromatic carbocycles. The van der Waals surface area contributed by atoms with Crippen LogP contribution in [0.1, 0.15) is 51.4 Å². The second kappa shape index (κ2) is 11.6. The summed E-state index contributed by atoms with van der Waals surface area (Å²) in [7, 11) is 0. The minimum atomic E-state index is -0.459. The lowest BCUT2D eigenvalue weighted by Gasteiger charge is -2.18. The Hall–Kier alpha value is -3.40. The van der Waals surface area contributed by atoms with Gasteiger partial charge in [0.25, 0.3) is 5.91 Å². The van der Waals surface area contributed by atoms with Gasteiger partial charge in [-0.25, -0.2) is 14.8 Å². The van der Waals surface area contributed by atoms with Gasteiger partial charge < -0.3 is 26.0 Å². The van der Waals surface area contributed by atoms with Gasteiger partial charge in [0, 0.05) is 36.6 Å². The molecule has 3 aromatic rings. The van der Waals surface area contributed by atoms with Gasteiger partial charge in [0.05, 0.1) is 33.1 Å². The summed E-state index contributed by atoms with van der Waals surface area (Å²) in [6.45, 7) is 9.87. The second-order valence-electron chi connectivity index (χ2n) is 8.62. The number of carbonyl (C=O) groups excluding carboxylic acids is 2. The van der Waals surface area contributed by atoms with Gasteiger partial charge in [-0.3, -0.25) is 4.79 Å². The molecule has 3 rings (SSSR count). The predicted octanol–water partition coefficient (Wildman–Crippen LogP) is 4.90. The average Bonchev–Trinajstić information content (AvgIpc) is 3.20. The number of hydrogen-bond donors (Lipinski definition) is 4. The highest BCUT2D eigenvalue weighted by molar-refractivity contribution is 7.16. The third-order valence-corrected chi connectivity index (χ3v) is 5.56. The first-order chi connectivity index (χ1) is 16.2. The number of anilines is 3. The van der Waals surface area contributed by atoms with Crippen LogP contribution in [0.2, 0.25) is 0 Å². The second-order valence-corrected chi connectivity index (χ2v) is 9.50. The molecule has 0 spiro atoms. The summed E-state index contributed by atoms with van der Waals surface area (Å²) in [5.74, 6) is 0.398. The maximum Gasteiger partial charge on any atom is 0.407 e. The minimum absolute atomic E-state index is 0.131. The van der Waals surface area contributed by atoms with E-state index in [1.165, 1.54) is 0 Å². The van der Waals surface area contributed by atoms with Gasteiger partial charge in [0.1, 0.15) is 5.82 Å². The standard InChI is InChI=1S/C24H32N6O3S/c1-14(2)28-20-11-22(30-17-6-7-19-21(10-17)34-13-27-19)26-12-18(20)23(31)25-9-8-16(5)29-24(32)33-15(3)4/h6-7,10-16H,8-9H2,1-5H3,(H,25,31)(H,29,32)(H2,26,28,30)/t16-/m1/s1. The molecule has 2 heterocycles. The van der Waals surface area contributed by atoms with Gasteiger partial charge in [-0.1, -0.05) is 0 Å². The summed E-state index contributed by atoms with van der Waals surface area (Å²) in [4.78, 5) is 33.3. The summed E-state index contributed by atoms with van der Waals surface area (Å²) in [6.07, 6.45) is 1.49. The van der Waals surface area contributed by atoms with Gasteiger partial charge in [-0.2, -0.15) is 0 Å². The van der Waals surface area contributed by atoms with E-state index >= 15 is 0 Å². The molecule has 4 N–H and O–H groups in total. The van der Waals surface area contributed by atoms with Crippen LogP contribution in [0.15, 0.2) is 36.0 Å². The Morgan fingerprint density at radius 2 is 1.88 bits per heavy atom. The van der Waals surface area contributed by atoms with Crippen molar-refractivity contribution in [3.05, 3.63) is 41.5 Å². The number of rotatable bonds is 10. The molecule has 0 radical (unpaired) electrons. The lowest BCUT2D eigenvalue weighted by molar-refractivity contribution is 0.0952. The Labute approximate surface area is 203 Å². The predicted molar refractivity (Wildman–Crippen MR) is 137 cm³/mol. The normalized spacial score (nSPS) is 12.0. The van der Waals surface area contributed by atoms with Crippen molar-refractivity contribution in [2.45, 2.75) is 59.2 Å². The fourth-order valence-electron chi connectivity index (χ4n) is 3.23. The number of hydrogen-bond acceptors (Lipinski definition) is 8. The van der Waals surface area contributed by atoms with E-state index in [4.69, 9.17) is 4.74 Å². The fourth-order valence-corrected chi connectivity index (χ4v) is 3.95. The molecular formula is C24H32N6O3S. The van der Waals surface area contributed by atoms with Crippen LogP contribution in [0.5, 0.6) is 0 Å². The van der Waals surface area contributed by atoms with Crippen molar-refractivity contribution in [2.75, 3.05) is 17.2 Å². The number of aromatic nitrogens is 2. The van der Waals surface area contributed by atoms with Crippen LogP contribution in [-0.2, 0) is 4.74 Å². The van der Waals surface area contributed by atoms with Crippen molar-refractivity contribution < 1.29 is 14.3 Å². The fraction of sp³-hybridized carbons (Fsp3) is 0.417. The Balaban J connectivity index is 1.63. The van der Waals surface area contributed by atoms with E-state index in [2.05, 4.69) is 31.2 Å². The number of amides is 2. The van der Waals surface area contributed by atoms with E-state index in [0.717, 1.165) is 15.9 Å². The molecule has 2 aromatic heterocycles. The number of nitrogens with zero attached hydrogens (tertiary/aromatic N) is 2. The van der Waals surface area contributed by atoms with Crippen molar-refractivity contribution in [1.29, 1.82) is 0 Å². The van der Waals surface area contributed by atoms with Crippen molar-refractivity contribution in [3.63, 3.8) is 0 Å². The first-order valence-electron chi connectivity index (χ1n) is 11.3. The molecule has 2 amide bonds. The molecule has 0 saturated carbocycles. The lowest BCUT2D eigenvalue weighted by atomic mass is 10.1. The molecule has 182 valence electrons. The number of fused-ring (bicyclic) bond motifs is 1. The molecule has 0 fully saturated rings. The summed E-state index contributed by atoms with van der Waals surface area (Å²) in [5.41, 5.74) is 4.82. The number of ether oxygens (including phenoxy) is 1. The summed E-state index contributed by atoms with van der Waals surface area (Å²) in [5, 5.41) is 12.3. The minimum Gasteiger partial charge on any atom is -0.447 e. The van der Waals surface area contributed by atoms with Gasteiger partial charge in [0.2, 0.25) is 0 Å². The summed E-state index contributed by atoms with van der Waals surface area (Å²) >= 11 is 1.58. The van der Waals surface area contributed by atoms with E-state index in [9.17, 15) is 9.59 Å². The summed E-state index contributed by atoms with van der Waals surface area (Å²) in [6, 6.07) is 7.76. The van der Waals surface area contributed by atoms with Crippen LogP contribution in [0.4, 0.5) is 22.0 Å². The van der Waals surface area contributed by atoms with E-state index in [0.29, 0.717) is 30.0 Å². The molecule has 0 aliphatic carbocycles. The van der Waals surface area contributed by atoms with Gasteiger partial charge >= 0.3 is 6.09 Å². The van der Waals surface area contributed by atoms with E-state index < -0.39 is 6.09 Å². The third kappa shape index (κ3) is 7.31. The first kappa shape index (κ1) is 25.2. The number of benzene rings is 1. The van der Waals surface area contributed by atoms with E-state index in [1.807, 2.05) is 50.5 Å². The third-order valence-electron chi connectivity index (χ3n) is 4.77. The highest BCUT2D eigenvalue weighted by atomic mass is 32.1. The van der Waals surface area contributed by atoms with E-state index in [-0.39, 0.29) is 24.1 Å². The van der Waals surface area contributed by atoms with E-state index in [1.54, 1.807) is 31.4 Å². The molecule has 9 nitrogen and oxygen atoms in total. The monoisotopic (exact) mass is 484 g/mol. The SMILES string of the molecule is CC(C)Nc1cc(Nc2ccc3ncsc3c2)ncc1C(=O)NCC[C@@H](C)NC(=O)OC(C)C. The van der Waals surface area contributed by atoms with Crippen LogP contribution in [0, 0.1) is 0 Å². The number of alkyl carbamates (subject to hydrolysis) is 1. The van der Waals surface area contributed by atoms with Gasteiger partial charge in [0.15, 0.2) is 0 Å². The van der Waals surface area contributed by atoms with Crippen LogP contribution in [0.25, 0.3) is 10.2 Å². The molecule has 34 heavy (non-hydrogen) atoms. The van der Waals surface area contributed by atoms with Crippen molar-refractivity contribution >= 4 is 50.7 Å². The zero-order valence-corrected chi connectivity index (χ0v) is 21.0. The topological polar surface area (TPSA) is 117 Å². The molecular weight excluding hydrogens is 452 g/mol. The molecule has 10 heteroatoms. The van der Waals surface area contributed by atoms with Gasteiger partial charge in [-0.15, -0.1) is 11.3 Å². The average molecular weight is 485 g/mol. The highest BCUT2D eigenvalue weighted by Crippen LogP contribution is 2.26. The zero-order chi connectivity index (χ0) is 24.7. The molecule has 0 unspecified atom stereocenters. The number of nitrogens with one attached hydrogen (secondary N) is 4. The maximum atomic E-state index is 12.9. The number of thiazole rings is 1. The smallest absolute Gasteiger partial charge is 0.407 e. The van der Waals surface area contributed by atoms with Crippen molar-refractivity contribution in [1.82, 2.24) is 20.6 Å². The Morgan fingerprint density at radius 3 is 2.62 bits per heavy atom. The lowest BCUT2D eigenvalue weighted by Crippen LogP contribution is -2.37. The highest BCUT2D eigenvalue weighted by Gasteiger charge is 2.15. The maximum absolute atomic E-state index is 12.9. The van der Waals surface area contributed by atoms with Crippen LogP contribution in [-0.4, -0.2) is 46.7 Å². The Morgan fingerprint density at radius 1 is 1.09 bits per heavy atom. The largest absolute Gasteiger partial charge is 0.447 e. The zero-order valence-electron chi connectivity index (χ0n) is 20.1. The van der Waals surface area contributed by atoms with Crippen LogP contribution < -0.4 is 21.3 Å². The molecule has 0 bridgehead atoms. The summed E-state index contributed by atoms with van der Waals surface area (Å²) < 4.78 is 6.16. The van der Waals surface area contributed by atoms with Crippen molar-refractivity contribution in [3.8, 4) is 0 Å². The van der Waals surface area contributed by atoms with Crippen LogP contribution >= 0.6 is 11.3 Å². The Bertz CT molecular complexity index is 1130. The quantitative estimate of drug-likeness (QED) is 0.323. The van der Waals surface area contributed by atoms with Crippen LogP contribution in [0.3, 0.4) is 0 Å². The number of carbonyl (C=O) groups is 2. The van der Waals surface area contributed by atoms with Crippen molar-refractivity contribution in [2.24, 2.45) is 0 Å². The first-order valence-corrected chi connectivity index (χ1v) is 12.2.